The summed E-state index contributed by atoms with van der Waals surface area (Å²) in [6.45, 7) is 1.89. The minimum Gasteiger partial charge on any atom is -0.351 e. The van der Waals surface area contributed by atoms with Crippen LogP contribution in [0.25, 0.3) is 0 Å². The van der Waals surface area contributed by atoms with Gasteiger partial charge < -0.3 is 5.73 Å². The molecule has 2 aromatic rings. The Bertz CT molecular complexity index is 572. The quantitative estimate of drug-likeness (QED) is 0.902. The fourth-order valence-electron chi connectivity index (χ4n) is 1.61. The first-order chi connectivity index (χ1) is 8.59. The molecule has 1 aromatic carbocycles. The molecule has 1 aromatic heterocycles. The van der Waals surface area contributed by atoms with Crippen LogP contribution in [-0.4, -0.2) is 11.0 Å². The van der Waals surface area contributed by atoms with Gasteiger partial charge in [0, 0.05) is 11.2 Å². The Kier molecular flexibility index (Phi) is 3.48. The third kappa shape index (κ3) is 2.43. The number of carbonyl (C=O) groups excluding carboxylic acids is 1. The number of rotatable bonds is 2. The van der Waals surface area contributed by atoms with E-state index in [0.29, 0.717) is 16.4 Å². The van der Waals surface area contributed by atoms with Gasteiger partial charge in [-0.15, -0.1) is 0 Å². The van der Waals surface area contributed by atoms with Crippen LogP contribution in [0.15, 0.2) is 42.7 Å². The second kappa shape index (κ2) is 5.06. The summed E-state index contributed by atoms with van der Waals surface area (Å²) in [4.78, 5) is 16.9. The lowest BCUT2D eigenvalue weighted by Crippen LogP contribution is -2.31. The molecule has 0 saturated heterocycles. The van der Waals surface area contributed by atoms with Crippen LogP contribution < -0.4 is 10.6 Å². The van der Waals surface area contributed by atoms with Gasteiger partial charge in [0.15, 0.2) is 0 Å². The van der Waals surface area contributed by atoms with Gasteiger partial charge in [0.2, 0.25) is 0 Å². The van der Waals surface area contributed by atoms with Crippen LogP contribution in [0.2, 0.25) is 5.02 Å². The standard InChI is InChI=1S/C13H12ClN3O/c1-9-4-5-10(7-12(9)14)17(13(15)18)11-3-2-6-16-8-11/h2-8H,1H3,(H2,15,18). The largest absolute Gasteiger partial charge is 0.351 e. The maximum atomic E-state index is 11.6. The van der Waals surface area contributed by atoms with Crippen molar-refractivity contribution in [3.63, 3.8) is 0 Å². The predicted octanol–water partition coefficient (Wildman–Crippen LogP) is 3.26. The number of benzene rings is 1. The summed E-state index contributed by atoms with van der Waals surface area (Å²) >= 11 is 6.06. The van der Waals surface area contributed by atoms with Crippen molar-refractivity contribution < 1.29 is 4.79 Å². The Hall–Kier alpha value is -2.07. The lowest BCUT2D eigenvalue weighted by Gasteiger charge is -2.20. The van der Waals surface area contributed by atoms with Crippen LogP contribution in [0.4, 0.5) is 16.2 Å². The van der Waals surface area contributed by atoms with Crippen molar-refractivity contribution in [1.82, 2.24) is 4.98 Å². The molecule has 2 rings (SSSR count). The molecule has 18 heavy (non-hydrogen) atoms. The molecule has 0 aliphatic heterocycles. The van der Waals surface area contributed by atoms with E-state index >= 15 is 0 Å². The second-order valence-electron chi connectivity index (χ2n) is 3.82. The molecule has 0 radical (unpaired) electrons. The van der Waals surface area contributed by atoms with Gasteiger partial charge in [-0.3, -0.25) is 9.88 Å². The highest BCUT2D eigenvalue weighted by Crippen LogP contribution is 2.28. The maximum Gasteiger partial charge on any atom is 0.323 e. The summed E-state index contributed by atoms with van der Waals surface area (Å²) in [5.41, 5.74) is 7.56. The molecule has 1 heterocycles. The van der Waals surface area contributed by atoms with Gasteiger partial charge in [0.25, 0.3) is 0 Å². The van der Waals surface area contributed by atoms with Crippen LogP contribution in [0.1, 0.15) is 5.56 Å². The van der Waals surface area contributed by atoms with Gasteiger partial charge in [0.05, 0.1) is 17.6 Å². The highest BCUT2D eigenvalue weighted by molar-refractivity contribution is 6.31. The number of amides is 2. The molecule has 92 valence electrons. The van der Waals surface area contributed by atoms with E-state index in [1.807, 2.05) is 13.0 Å². The fourth-order valence-corrected chi connectivity index (χ4v) is 1.79. The summed E-state index contributed by atoms with van der Waals surface area (Å²) in [7, 11) is 0. The number of aromatic nitrogens is 1. The highest BCUT2D eigenvalue weighted by atomic mass is 35.5. The van der Waals surface area contributed by atoms with E-state index in [2.05, 4.69) is 4.98 Å². The zero-order valence-electron chi connectivity index (χ0n) is 9.80. The molecular weight excluding hydrogens is 250 g/mol. The number of halogens is 1. The topological polar surface area (TPSA) is 59.2 Å². The lowest BCUT2D eigenvalue weighted by atomic mass is 10.2. The molecule has 0 saturated carbocycles. The predicted molar refractivity (Wildman–Crippen MR) is 72.1 cm³/mol. The first-order valence-electron chi connectivity index (χ1n) is 5.35. The Balaban J connectivity index is 2.49. The number of urea groups is 1. The van der Waals surface area contributed by atoms with Gasteiger partial charge in [-0.1, -0.05) is 17.7 Å². The average molecular weight is 262 g/mol. The molecule has 5 heteroatoms. The third-order valence-electron chi connectivity index (χ3n) is 2.54. The average Bonchev–Trinajstić information content (AvgIpc) is 2.35. The highest BCUT2D eigenvalue weighted by Gasteiger charge is 2.15. The van der Waals surface area contributed by atoms with E-state index in [1.165, 1.54) is 4.90 Å². The Morgan fingerprint density at radius 1 is 1.33 bits per heavy atom. The van der Waals surface area contributed by atoms with E-state index in [0.717, 1.165) is 5.56 Å². The van der Waals surface area contributed by atoms with Crippen molar-refractivity contribution in [2.45, 2.75) is 6.92 Å². The zero-order chi connectivity index (χ0) is 13.1. The van der Waals surface area contributed by atoms with Crippen LogP contribution in [0.3, 0.4) is 0 Å². The molecule has 0 fully saturated rings. The molecular formula is C13H12ClN3O. The number of pyridine rings is 1. The van der Waals surface area contributed by atoms with Crippen LogP contribution in [0, 0.1) is 6.92 Å². The Morgan fingerprint density at radius 2 is 2.11 bits per heavy atom. The molecule has 0 atom stereocenters. The van der Waals surface area contributed by atoms with E-state index in [-0.39, 0.29) is 0 Å². The normalized spacial score (nSPS) is 10.1. The number of nitrogens with two attached hydrogens (primary N) is 1. The monoisotopic (exact) mass is 261 g/mol. The van der Waals surface area contributed by atoms with Gasteiger partial charge in [-0.2, -0.15) is 0 Å². The van der Waals surface area contributed by atoms with Crippen LogP contribution in [-0.2, 0) is 0 Å². The maximum absolute atomic E-state index is 11.6. The first kappa shape index (κ1) is 12.4. The van der Waals surface area contributed by atoms with Gasteiger partial charge in [-0.25, -0.2) is 4.79 Å². The van der Waals surface area contributed by atoms with Gasteiger partial charge in [-0.05, 0) is 36.8 Å². The minimum atomic E-state index is -0.581. The van der Waals surface area contributed by atoms with Crippen LogP contribution in [0.5, 0.6) is 0 Å². The number of nitrogens with zero attached hydrogens (tertiary/aromatic N) is 2. The van der Waals surface area contributed by atoms with Crippen LogP contribution >= 0.6 is 11.6 Å². The molecule has 0 aliphatic rings. The summed E-state index contributed by atoms with van der Waals surface area (Å²) in [5.74, 6) is 0. The van der Waals surface area contributed by atoms with E-state index in [4.69, 9.17) is 17.3 Å². The fraction of sp³-hybridized carbons (Fsp3) is 0.0769. The molecule has 0 aliphatic carbocycles. The smallest absolute Gasteiger partial charge is 0.323 e. The summed E-state index contributed by atoms with van der Waals surface area (Å²) in [6, 6.07) is 8.24. The number of aryl methyl sites for hydroxylation is 1. The summed E-state index contributed by atoms with van der Waals surface area (Å²) < 4.78 is 0. The molecule has 0 bridgehead atoms. The summed E-state index contributed by atoms with van der Waals surface area (Å²) in [6.07, 6.45) is 3.20. The van der Waals surface area contributed by atoms with Crippen molar-refractivity contribution >= 4 is 29.0 Å². The van der Waals surface area contributed by atoms with Crippen molar-refractivity contribution in [1.29, 1.82) is 0 Å². The second-order valence-corrected chi connectivity index (χ2v) is 4.23. The first-order valence-corrected chi connectivity index (χ1v) is 5.73. The van der Waals surface area contributed by atoms with Gasteiger partial charge in [0.1, 0.15) is 0 Å². The molecule has 2 amide bonds. The number of anilines is 2. The Labute approximate surface area is 110 Å². The van der Waals surface area contributed by atoms with E-state index in [9.17, 15) is 4.79 Å². The molecule has 0 unspecified atom stereocenters. The summed E-state index contributed by atoms with van der Waals surface area (Å²) in [5, 5.41) is 0.586. The van der Waals surface area contributed by atoms with Crippen molar-refractivity contribution in [2.75, 3.05) is 4.90 Å². The molecule has 4 nitrogen and oxygen atoms in total. The van der Waals surface area contributed by atoms with Crippen molar-refractivity contribution in [3.05, 3.63) is 53.3 Å². The Morgan fingerprint density at radius 3 is 2.67 bits per heavy atom. The van der Waals surface area contributed by atoms with Gasteiger partial charge >= 0.3 is 6.03 Å². The number of primary amides is 1. The van der Waals surface area contributed by atoms with Crippen molar-refractivity contribution in [3.8, 4) is 0 Å². The number of carbonyl (C=O) groups is 1. The number of hydrogen-bond donors (Lipinski definition) is 1. The van der Waals surface area contributed by atoms with E-state index in [1.54, 1.807) is 36.7 Å². The number of hydrogen-bond acceptors (Lipinski definition) is 2. The lowest BCUT2D eigenvalue weighted by molar-refractivity contribution is 0.256. The zero-order valence-corrected chi connectivity index (χ0v) is 10.6. The minimum absolute atomic E-state index is 0.581. The molecule has 0 spiro atoms. The third-order valence-corrected chi connectivity index (χ3v) is 2.95. The van der Waals surface area contributed by atoms with Crippen molar-refractivity contribution in [2.24, 2.45) is 5.73 Å². The van der Waals surface area contributed by atoms with E-state index < -0.39 is 6.03 Å². The molecule has 2 N–H and O–H groups in total. The SMILES string of the molecule is Cc1ccc(N(C(N)=O)c2cccnc2)cc1Cl.